The van der Waals surface area contributed by atoms with Gasteiger partial charge in [-0.05, 0) is 49.9 Å². The number of aromatic nitrogens is 1. The summed E-state index contributed by atoms with van der Waals surface area (Å²) >= 11 is 0. The topological polar surface area (TPSA) is 125 Å². The van der Waals surface area contributed by atoms with Crippen molar-refractivity contribution in [1.82, 2.24) is 10.3 Å². The standard InChI is InChI=1S/C24H30N6O3/c1-15-9-17(3-6-27-15)24-29-21(14-33-24)23(32)28-20-10-18(12-26-2)19(25)11-22(20)30-7-4-16(13-31)5-8-30/h3,6,9-12,14,16,24,29,31H,4-5,7-8,13,25H2,1-2H3,(H,28,32). The zero-order chi connectivity index (χ0) is 23.4. The Balaban J connectivity index is 1.53. The Labute approximate surface area is 193 Å². The molecule has 1 unspecified atom stereocenters. The predicted octanol–water partition coefficient (Wildman–Crippen LogP) is 2.33. The van der Waals surface area contributed by atoms with Crippen LogP contribution in [-0.4, -0.2) is 49.0 Å². The number of nitrogen functional groups attached to an aromatic ring is 1. The van der Waals surface area contributed by atoms with Gasteiger partial charge >= 0.3 is 0 Å². The van der Waals surface area contributed by atoms with Crippen LogP contribution in [0.4, 0.5) is 17.1 Å². The van der Waals surface area contributed by atoms with Crippen LogP contribution in [-0.2, 0) is 9.53 Å². The van der Waals surface area contributed by atoms with Gasteiger partial charge in [0.15, 0.2) is 6.23 Å². The van der Waals surface area contributed by atoms with Crippen LogP contribution in [0.15, 0.2) is 47.4 Å². The fourth-order valence-electron chi connectivity index (χ4n) is 4.14. The Kier molecular flexibility index (Phi) is 6.79. The SMILES string of the molecule is CN=Cc1cc(NC(=O)C2=COC(c3ccnc(C)c3)N2)c(N2CCC(CO)CC2)cc1N. The van der Waals surface area contributed by atoms with Crippen molar-refractivity contribution < 1.29 is 14.6 Å². The van der Waals surface area contributed by atoms with Gasteiger partial charge in [0.25, 0.3) is 5.91 Å². The lowest BCUT2D eigenvalue weighted by atomic mass is 9.97. The second-order valence-corrected chi connectivity index (χ2v) is 8.38. The summed E-state index contributed by atoms with van der Waals surface area (Å²) in [4.78, 5) is 23.6. The molecule has 4 rings (SSSR count). The summed E-state index contributed by atoms with van der Waals surface area (Å²) in [6.45, 7) is 3.66. The van der Waals surface area contributed by atoms with Gasteiger partial charge in [-0.15, -0.1) is 0 Å². The first-order chi connectivity index (χ1) is 16.0. The van der Waals surface area contributed by atoms with E-state index in [-0.39, 0.29) is 12.5 Å². The van der Waals surface area contributed by atoms with Crippen LogP contribution >= 0.6 is 0 Å². The predicted molar refractivity (Wildman–Crippen MR) is 129 cm³/mol. The molecule has 174 valence electrons. The Bertz CT molecular complexity index is 1080. The van der Waals surface area contributed by atoms with Gasteiger partial charge < -0.3 is 31.1 Å². The molecule has 0 spiro atoms. The van der Waals surface area contributed by atoms with E-state index in [1.807, 2.05) is 31.2 Å². The quantitative estimate of drug-likeness (QED) is 0.393. The average molecular weight is 451 g/mol. The lowest BCUT2D eigenvalue weighted by Crippen LogP contribution is -2.35. The van der Waals surface area contributed by atoms with Crippen molar-refractivity contribution in [2.45, 2.75) is 26.0 Å². The van der Waals surface area contributed by atoms with Gasteiger partial charge in [0.05, 0.1) is 11.4 Å². The van der Waals surface area contributed by atoms with Crippen LogP contribution in [0.2, 0.25) is 0 Å². The highest BCUT2D eigenvalue weighted by Crippen LogP contribution is 2.34. The van der Waals surface area contributed by atoms with Crippen molar-refractivity contribution in [3.63, 3.8) is 0 Å². The van der Waals surface area contributed by atoms with Gasteiger partial charge in [0, 0.05) is 61.7 Å². The summed E-state index contributed by atoms with van der Waals surface area (Å²) in [7, 11) is 1.68. The molecule has 0 aliphatic carbocycles. The van der Waals surface area contributed by atoms with E-state index in [0.29, 0.717) is 23.0 Å². The number of ether oxygens (including phenoxy) is 1. The maximum atomic E-state index is 13.1. The molecule has 1 atom stereocenters. The number of hydrogen-bond donors (Lipinski definition) is 4. The lowest BCUT2D eigenvalue weighted by molar-refractivity contribution is -0.113. The van der Waals surface area contributed by atoms with Crippen molar-refractivity contribution in [3.8, 4) is 0 Å². The number of aliphatic hydroxyl groups is 1. The largest absolute Gasteiger partial charge is 0.472 e. The van der Waals surface area contributed by atoms with E-state index in [4.69, 9.17) is 10.5 Å². The number of nitrogens with zero attached hydrogens (tertiary/aromatic N) is 3. The fourth-order valence-corrected chi connectivity index (χ4v) is 4.14. The minimum atomic E-state index is -0.446. The van der Waals surface area contributed by atoms with Gasteiger partial charge in [-0.3, -0.25) is 14.8 Å². The fraction of sp³-hybridized carbons (Fsp3) is 0.375. The molecule has 1 aromatic carbocycles. The molecule has 2 aliphatic rings. The molecule has 9 heteroatoms. The van der Waals surface area contributed by atoms with Crippen LogP contribution in [0, 0.1) is 12.8 Å². The first-order valence-corrected chi connectivity index (χ1v) is 11.1. The number of nitrogens with one attached hydrogen (secondary N) is 2. The Morgan fingerprint density at radius 2 is 2.18 bits per heavy atom. The van der Waals surface area contributed by atoms with E-state index in [1.54, 1.807) is 19.5 Å². The number of nitrogens with two attached hydrogens (primary N) is 1. The molecule has 0 bridgehead atoms. The van der Waals surface area contributed by atoms with Gasteiger partial charge in [-0.25, -0.2) is 0 Å². The molecular weight excluding hydrogens is 420 g/mol. The molecule has 9 nitrogen and oxygen atoms in total. The van der Waals surface area contributed by atoms with E-state index in [0.717, 1.165) is 48.4 Å². The van der Waals surface area contributed by atoms with Crippen LogP contribution in [0.1, 0.15) is 35.9 Å². The average Bonchev–Trinajstić information content (AvgIpc) is 3.32. The van der Waals surface area contributed by atoms with Crippen LogP contribution in [0.3, 0.4) is 0 Å². The molecule has 1 saturated heterocycles. The molecule has 1 fully saturated rings. The van der Waals surface area contributed by atoms with E-state index >= 15 is 0 Å². The van der Waals surface area contributed by atoms with Gasteiger partial charge in [-0.2, -0.15) is 0 Å². The number of benzene rings is 1. The number of aliphatic imine (C=N–C) groups is 1. The summed E-state index contributed by atoms with van der Waals surface area (Å²) in [5.41, 5.74) is 11.2. The number of hydrogen-bond acceptors (Lipinski definition) is 8. The number of aryl methyl sites for hydroxylation is 1. The number of pyridine rings is 1. The minimum absolute atomic E-state index is 0.198. The molecule has 3 heterocycles. The number of amides is 1. The maximum Gasteiger partial charge on any atom is 0.275 e. The van der Waals surface area contributed by atoms with Crippen molar-refractivity contribution in [1.29, 1.82) is 0 Å². The van der Waals surface area contributed by atoms with E-state index in [1.165, 1.54) is 6.26 Å². The molecule has 1 amide bonds. The summed E-state index contributed by atoms with van der Waals surface area (Å²) < 4.78 is 5.68. The lowest BCUT2D eigenvalue weighted by Gasteiger charge is -2.34. The second-order valence-electron chi connectivity index (χ2n) is 8.38. The molecule has 33 heavy (non-hydrogen) atoms. The summed E-state index contributed by atoms with van der Waals surface area (Å²) in [6, 6.07) is 7.48. The third kappa shape index (κ3) is 5.09. The number of piperidine rings is 1. The maximum absolute atomic E-state index is 13.1. The molecule has 2 aromatic rings. The molecule has 1 aromatic heterocycles. The monoisotopic (exact) mass is 450 g/mol. The highest BCUT2D eigenvalue weighted by molar-refractivity contribution is 6.06. The van der Waals surface area contributed by atoms with Crippen molar-refractivity contribution in [3.05, 3.63) is 59.2 Å². The van der Waals surface area contributed by atoms with Crippen LogP contribution in [0.25, 0.3) is 0 Å². The minimum Gasteiger partial charge on any atom is -0.472 e. The molecule has 5 N–H and O–H groups in total. The van der Waals surface area contributed by atoms with Crippen molar-refractivity contribution in [2.75, 3.05) is 42.7 Å². The van der Waals surface area contributed by atoms with Crippen LogP contribution in [0.5, 0.6) is 0 Å². The number of aliphatic hydroxyl groups excluding tert-OH is 1. The van der Waals surface area contributed by atoms with E-state index < -0.39 is 6.23 Å². The van der Waals surface area contributed by atoms with Crippen molar-refractivity contribution in [2.24, 2.45) is 10.9 Å². The Morgan fingerprint density at radius 3 is 2.88 bits per heavy atom. The molecule has 2 aliphatic heterocycles. The van der Waals surface area contributed by atoms with E-state index in [9.17, 15) is 9.90 Å². The highest BCUT2D eigenvalue weighted by atomic mass is 16.5. The Hall–Kier alpha value is -3.59. The van der Waals surface area contributed by atoms with E-state index in [2.05, 4.69) is 25.5 Å². The number of carbonyl (C=O) groups is 1. The summed E-state index contributed by atoms with van der Waals surface area (Å²) in [5.74, 6) is 0.000756. The van der Waals surface area contributed by atoms with Crippen LogP contribution < -0.4 is 21.3 Å². The second kappa shape index (κ2) is 9.91. The summed E-state index contributed by atoms with van der Waals surface area (Å²) in [6.07, 6.45) is 6.15. The number of carbonyl (C=O) groups excluding carboxylic acids is 1. The molecule has 0 saturated carbocycles. The highest BCUT2D eigenvalue weighted by Gasteiger charge is 2.26. The van der Waals surface area contributed by atoms with Crippen molar-refractivity contribution >= 4 is 29.2 Å². The molecular formula is C24H30N6O3. The molecule has 0 radical (unpaired) electrons. The third-order valence-electron chi connectivity index (χ3n) is 6.01. The van der Waals surface area contributed by atoms with Gasteiger partial charge in [0.2, 0.25) is 0 Å². The number of anilines is 3. The number of rotatable bonds is 6. The van der Waals surface area contributed by atoms with Gasteiger partial charge in [-0.1, -0.05) is 0 Å². The van der Waals surface area contributed by atoms with Gasteiger partial charge in [0.1, 0.15) is 12.0 Å². The third-order valence-corrected chi connectivity index (χ3v) is 6.01. The zero-order valence-corrected chi connectivity index (χ0v) is 18.9. The first-order valence-electron chi connectivity index (χ1n) is 11.1. The zero-order valence-electron chi connectivity index (χ0n) is 18.9. The first kappa shape index (κ1) is 22.6. The smallest absolute Gasteiger partial charge is 0.275 e. The normalized spacial score (nSPS) is 18.7. The summed E-state index contributed by atoms with van der Waals surface area (Å²) in [5, 5.41) is 15.6. The Morgan fingerprint density at radius 1 is 1.39 bits per heavy atom.